The van der Waals surface area contributed by atoms with Gasteiger partial charge in [-0.1, -0.05) is 48.5 Å². The number of phenols is 1. The molecule has 2 aromatic rings. The smallest absolute Gasteiger partial charge is 0.115 e. The summed E-state index contributed by atoms with van der Waals surface area (Å²) < 4.78 is 5.55. The molecule has 0 amide bonds. The molecule has 29 heavy (non-hydrogen) atoms. The second-order valence-electron chi connectivity index (χ2n) is 7.92. The number of morpholine rings is 1. The van der Waals surface area contributed by atoms with E-state index in [4.69, 9.17) is 4.74 Å². The van der Waals surface area contributed by atoms with Gasteiger partial charge in [-0.2, -0.15) is 0 Å². The van der Waals surface area contributed by atoms with Crippen LogP contribution in [0.4, 0.5) is 0 Å². The van der Waals surface area contributed by atoms with Gasteiger partial charge in [-0.3, -0.25) is 10.2 Å². The lowest BCUT2D eigenvalue weighted by Crippen LogP contribution is -2.46. The molecule has 0 aromatic heterocycles. The van der Waals surface area contributed by atoms with Crippen LogP contribution in [0.5, 0.6) is 5.75 Å². The number of hydrogen-bond acceptors (Lipinski definition) is 5. The SMILES string of the molecule is Oc1ccc(C2NC3C=CC(c4ccccc4)=CN3C2CN2CCOCC2)cc1. The Morgan fingerprint density at radius 2 is 1.76 bits per heavy atom. The van der Waals surface area contributed by atoms with Gasteiger partial charge >= 0.3 is 0 Å². The molecule has 2 fully saturated rings. The van der Waals surface area contributed by atoms with Crippen molar-refractivity contribution in [3.63, 3.8) is 0 Å². The van der Waals surface area contributed by atoms with E-state index in [0.29, 0.717) is 11.8 Å². The topological polar surface area (TPSA) is 48.0 Å². The van der Waals surface area contributed by atoms with Gasteiger partial charge in [0.2, 0.25) is 0 Å². The van der Waals surface area contributed by atoms with Crippen LogP contribution in [0.3, 0.4) is 0 Å². The van der Waals surface area contributed by atoms with Crippen molar-refractivity contribution in [2.45, 2.75) is 18.2 Å². The molecule has 150 valence electrons. The van der Waals surface area contributed by atoms with Crippen LogP contribution < -0.4 is 5.32 Å². The van der Waals surface area contributed by atoms with Crippen LogP contribution in [0.15, 0.2) is 72.9 Å². The minimum absolute atomic E-state index is 0.173. The summed E-state index contributed by atoms with van der Waals surface area (Å²) in [5, 5.41) is 13.5. The highest BCUT2D eigenvalue weighted by Crippen LogP contribution is 2.35. The fourth-order valence-electron chi connectivity index (χ4n) is 4.54. The van der Waals surface area contributed by atoms with Gasteiger partial charge in [-0.15, -0.1) is 0 Å². The molecule has 0 saturated carbocycles. The van der Waals surface area contributed by atoms with Crippen molar-refractivity contribution in [3.8, 4) is 5.75 Å². The monoisotopic (exact) mass is 389 g/mol. The average Bonchev–Trinajstić information content (AvgIpc) is 3.13. The van der Waals surface area contributed by atoms with Gasteiger partial charge in [0.15, 0.2) is 0 Å². The van der Waals surface area contributed by atoms with Crippen LogP contribution >= 0.6 is 0 Å². The van der Waals surface area contributed by atoms with Gasteiger partial charge in [0, 0.05) is 25.8 Å². The molecule has 3 atom stereocenters. The van der Waals surface area contributed by atoms with Crippen LogP contribution in [-0.2, 0) is 4.74 Å². The van der Waals surface area contributed by atoms with Gasteiger partial charge in [-0.05, 0) is 34.9 Å². The maximum Gasteiger partial charge on any atom is 0.115 e. The number of aromatic hydroxyl groups is 1. The van der Waals surface area contributed by atoms with Gasteiger partial charge in [0.25, 0.3) is 0 Å². The Bertz CT molecular complexity index is 888. The molecule has 3 aliphatic heterocycles. The van der Waals surface area contributed by atoms with E-state index in [-0.39, 0.29) is 12.2 Å². The molecule has 5 heteroatoms. The van der Waals surface area contributed by atoms with Crippen LogP contribution in [-0.4, -0.2) is 60.0 Å². The van der Waals surface area contributed by atoms with Gasteiger partial charge in [0.1, 0.15) is 5.75 Å². The molecule has 5 nitrogen and oxygen atoms in total. The molecule has 3 unspecified atom stereocenters. The lowest BCUT2D eigenvalue weighted by molar-refractivity contribution is 0.0278. The zero-order chi connectivity index (χ0) is 19.6. The third-order valence-electron chi connectivity index (χ3n) is 6.09. The van der Waals surface area contributed by atoms with Gasteiger partial charge in [0.05, 0.1) is 31.5 Å². The van der Waals surface area contributed by atoms with E-state index in [1.807, 2.05) is 12.1 Å². The third kappa shape index (κ3) is 3.81. The third-order valence-corrected chi connectivity index (χ3v) is 6.09. The standard InChI is InChI=1S/C24H27N3O2/c28-21-9-6-19(7-10-21)24-22(17-26-12-14-29-15-13-26)27-16-20(8-11-23(27)25-24)18-4-2-1-3-5-18/h1-11,16,22-25,28H,12-15,17H2. The predicted octanol–water partition coefficient (Wildman–Crippen LogP) is 2.98. The first-order chi connectivity index (χ1) is 14.3. The van der Waals surface area contributed by atoms with Crippen molar-refractivity contribution in [3.05, 3.63) is 84.1 Å². The summed E-state index contributed by atoms with van der Waals surface area (Å²) >= 11 is 0. The van der Waals surface area contributed by atoms with Crippen LogP contribution in [0.2, 0.25) is 0 Å². The Morgan fingerprint density at radius 1 is 1.00 bits per heavy atom. The number of allylic oxidation sites excluding steroid dienone is 2. The molecule has 3 heterocycles. The van der Waals surface area contributed by atoms with Gasteiger partial charge in [-0.25, -0.2) is 0 Å². The molecular weight excluding hydrogens is 362 g/mol. The van der Waals surface area contributed by atoms with Crippen molar-refractivity contribution < 1.29 is 9.84 Å². The number of benzene rings is 2. The Labute approximate surface area is 171 Å². The number of hydrogen-bond donors (Lipinski definition) is 2. The summed E-state index contributed by atoms with van der Waals surface area (Å²) in [6, 6.07) is 18.7. The second kappa shape index (κ2) is 8.03. The van der Waals surface area contributed by atoms with Crippen LogP contribution in [0.25, 0.3) is 5.57 Å². The molecule has 0 radical (unpaired) electrons. The number of fused-ring (bicyclic) bond motifs is 1. The summed E-state index contributed by atoms with van der Waals surface area (Å²) in [7, 11) is 0. The average molecular weight is 389 g/mol. The van der Waals surface area contributed by atoms with E-state index in [1.165, 1.54) is 16.7 Å². The molecule has 2 saturated heterocycles. The molecule has 0 aliphatic carbocycles. The molecule has 0 bridgehead atoms. The molecule has 2 N–H and O–H groups in total. The first-order valence-electron chi connectivity index (χ1n) is 10.4. The highest BCUT2D eigenvalue weighted by molar-refractivity contribution is 5.75. The maximum absolute atomic E-state index is 9.72. The van der Waals surface area contributed by atoms with E-state index >= 15 is 0 Å². The lowest BCUT2D eigenvalue weighted by atomic mass is 9.98. The number of nitrogens with zero attached hydrogens (tertiary/aromatic N) is 2. The Balaban J connectivity index is 1.46. The fourth-order valence-corrected chi connectivity index (χ4v) is 4.54. The van der Waals surface area contributed by atoms with E-state index in [1.54, 1.807) is 12.1 Å². The van der Waals surface area contributed by atoms with Gasteiger partial charge < -0.3 is 14.7 Å². The van der Waals surface area contributed by atoms with Crippen molar-refractivity contribution in [1.29, 1.82) is 0 Å². The highest BCUT2D eigenvalue weighted by atomic mass is 16.5. The van der Waals surface area contributed by atoms with E-state index in [9.17, 15) is 5.11 Å². The van der Waals surface area contributed by atoms with Crippen LogP contribution in [0, 0.1) is 0 Å². The largest absolute Gasteiger partial charge is 0.508 e. The number of phenolic OH excluding ortho intramolecular Hbond substituents is 1. The Morgan fingerprint density at radius 3 is 2.52 bits per heavy atom. The predicted molar refractivity (Wildman–Crippen MR) is 114 cm³/mol. The van der Waals surface area contributed by atoms with E-state index in [0.717, 1.165) is 32.8 Å². The minimum Gasteiger partial charge on any atom is -0.508 e. The molecular formula is C24H27N3O2. The summed E-state index contributed by atoms with van der Waals surface area (Å²) in [4.78, 5) is 4.97. The van der Waals surface area contributed by atoms with E-state index in [2.05, 4.69) is 63.8 Å². The molecule has 2 aromatic carbocycles. The quantitative estimate of drug-likeness (QED) is 0.842. The normalized spacial score (nSPS) is 27.0. The Kier molecular flexibility index (Phi) is 5.10. The highest BCUT2D eigenvalue weighted by Gasteiger charge is 2.41. The van der Waals surface area contributed by atoms with Crippen molar-refractivity contribution in [1.82, 2.24) is 15.1 Å². The maximum atomic E-state index is 9.72. The number of ether oxygens (including phenoxy) is 1. The first-order valence-corrected chi connectivity index (χ1v) is 10.4. The fraction of sp³-hybridized carbons (Fsp3) is 0.333. The second-order valence-corrected chi connectivity index (χ2v) is 7.92. The van der Waals surface area contributed by atoms with Crippen LogP contribution in [0.1, 0.15) is 17.2 Å². The molecule has 5 rings (SSSR count). The summed E-state index contributed by atoms with van der Waals surface area (Å²) in [5.74, 6) is 0.306. The molecule has 3 aliphatic rings. The zero-order valence-electron chi connectivity index (χ0n) is 16.4. The minimum atomic E-state index is 0.173. The number of rotatable bonds is 4. The summed E-state index contributed by atoms with van der Waals surface area (Å²) in [6.45, 7) is 4.53. The van der Waals surface area contributed by atoms with Crippen molar-refractivity contribution in [2.24, 2.45) is 0 Å². The van der Waals surface area contributed by atoms with Crippen molar-refractivity contribution >= 4 is 5.57 Å². The molecule has 0 spiro atoms. The van der Waals surface area contributed by atoms with Crippen molar-refractivity contribution in [2.75, 3.05) is 32.8 Å². The summed E-state index contributed by atoms with van der Waals surface area (Å²) in [6.07, 6.45) is 6.95. The first kappa shape index (κ1) is 18.4. The summed E-state index contributed by atoms with van der Waals surface area (Å²) in [5.41, 5.74) is 3.68. The zero-order valence-corrected chi connectivity index (χ0v) is 16.4. The lowest BCUT2D eigenvalue weighted by Gasteiger charge is -2.36. The number of nitrogens with one attached hydrogen (secondary N) is 1. The Hall–Kier alpha value is -2.60. The van der Waals surface area contributed by atoms with E-state index < -0.39 is 0 Å².